The molecule has 1 unspecified atom stereocenters. The lowest BCUT2D eigenvalue weighted by Crippen LogP contribution is -2.74. The van der Waals surface area contributed by atoms with Crippen LogP contribution in [-0.4, -0.2) is 71.9 Å². The zero-order chi connectivity index (χ0) is 11.5. The van der Waals surface area contributed by atoms with Gasteiger partial charge in [0.15, 0.2) is 13.1 Å². The summed E-state index contributed by atoms with van der Waals surface area (Å²) in [5, 5.41) is 29.0. The third kappa shape index (κ3) is 3.37. The van der Waals surface area contributed by atoms with E-state index in [-0.39, 0.29) is 30.9 Å². The molecule has 0 bridgehead atoms. The Balaban J connectivity index is 2.33. The number of methoxy groups -OCH3 is 1. The van der Waals surface area contributed by atoms with Crippen LogP contribution in [0.4, 0.5) is 0 Å². The van der Waals surface area contributed by atoms with E-state index < -0.39 is 11.9 Å². The van der Waals surface area contributed by atoms with Crippen LogP contribution in [0.15, 0.2) is 0 Å². The number of rotatable bonds is 6. The Bertz CT molecular complexity index is 199. The van der Waals surface area contributed by atoms with Crippen LogP contribution in [0.5, 0.6) is 0 Å². The van der Waals surface area contributed by atoms with Gasteiger partial charge in [0.05, 0.1) is 6.61 Å². The van der Waals surface area contributed by atoms with Crippen LogP contribution in [0.2, 0.25) is 0 Å². The molecule has 0 radical (unpaired) electrons. The van der Waals surface area contributed by atoms with Gasteiger partial charge < -0.3 is 19.7 Å². The standard InChI is InChI=1S/C9H20NO5/c1-3-15-9(12)6-10(13,7-9)4-8(11)5-14-2/h8,11-13H,3-7H2,1-2H3/q+1. The molecular weight excluding hydrogens is 202 g/mol. The first-order chi connectivity index (χ1) is 6.93. The molecule has 0 aliphatic carbocycles. The molecule has 0 saturated carbocycles. The van der Waals surface area contributed by atoms with Crippen molar-refractivity contribution < 1.29 is 29.5 Å². The molecule has 1 rings (SSSR count). The zero-order valence-electron chi connectivity index (χ0n) is 9.22. The van der Waals surface area contributed by atoms with Crippen molar-refractivity contribution in [3.05, 3.63) is 0 Å². The minimum atomic E-state index is -1.24. The van der Waals surface area contributed by atoms with E-state index in [4.69, 9.17) is 9.47 Å². The molecule has 1 heterocycles. The molecule has 90 valence electrons. The van der Waals surface area contributed by atoms with Gasteiger partial charge in [-0.15, -0.1) is 0 Å². The number of hydroxylamine groups is 3. The summed E-state index contributed by atoms with van der Waals surface area (Å²) in [5.74, 6) is -1.24. The second-order valence-corrected chi connectivity index (χ2v) is 4.08. The molecular formula is C9H20NO5+. The van der Waals surface area contributed by atoms with E-state index in [9.17, 15) is 15.4 Å². The number of aliphatic hydroxyl groups is 2. The summed E-state index contributed by atoms with van der Waals surface area (Å²) in [5.41, 5.74) is 0. The van der Waals surface area contributed by atoms with E-state index in [1.165, 1.54) is 7.11 Å². The molecule has 0 aromatic carbocycles. The molecule has 0 aromatic rings. The van der Waals surface area contributed by atoms with Crippen LogP contribution in [0.1, 0.15) is 6.92 Å². The number of ether oxygens (including phenoxy) is 2. The summed E-state index contributed by atoms with van der Waals surface area (Å²) in [4.78, 5) is 0. The number of nitrogens with zero attached hydrogens (tertiary/aromatic N) is 1. The van der Waals surface area contributed by atoms with E-state index in [0.29, 0.717) is 6.61 Å². The molecule has 1 aliphatic heterocycles. The maximum Gasteiger partial charge on any atom is 0.273 e. The summed E-state index contributed by atoms with van der Waals surface area (Å²) in [6.45, 7) is 2.67. The topological polar surface area (TPSA) is 79.2 Å². The monoisotopic (exact) mass is 222 g/mol. The van der Waals surface area contributed by atoms with Gasteiger partial charge in [-0.05, 0) is 6.92 Å². The highest BCUT2D eigenvalue weighted by molar-refractivity contribution is 4.75. The largest absolute Gasteiger partial charge is 0.385 e. The Morgan fingerprint density at radius 3 is 2.53 bits per heavy atom. The van der Waals surface area contributed by atoms with Gasteiger partial charge in [0.25, 0.3) is 5.79 Å². The van der Waals surface area contributed by atoms with Gasteiger partial charge in [0.1, 0.15) is 12.6 Å². The highest BCUT2D eigenvalue weighted by Crippen LogP contribution is 2.28. The van der Waals surface area contributed by atoms with E-state index >= 15 is 0 Å². The Morgan fingerprint density at radius 2 is 2.07 bits per heavy atom. The normalized spacial score (nSPS) is 37.4. The lowest BCUT2D eigenvalue weighted by molar-refractivity contribution is -1.15. The average molecular weight is 222 g/mol. The van der Waals surface area contributed by atoms with Crippen molar-refractivity contribution in [3.8, 4) is 0 Å². The van der Waals surface area contributed by atoms with E-state index in [1.807, 2.05) is 0 Å². The lowest BCUT2D eigenvalue weighted by atomic mass is 10.1. The third-order valence-electron chi connectivity index (χ3n) is 2.41. The van der Waals surface area contributed by atoms with Gasteiger partial charge in [-0.3, -0.25) is 0 Å². The molecule has 1 saturated heterocycles. The van der Waals surface area contributed by atoms with Gasteiger partial charge in [-0.25, -0.2) is 5.21 Å². The summed E-state index contributed by atoms with van der Waals surface area (Å²) in [7, 11) is 1.48. The Kier molecular flexibility index (Phi) is 4.05. The fourth-order valence-corrected chi connectivity index (χ4v) is 2.00. The van der Waals surface area contributed by atoms with Crippen molar-refractivity contribution in [1.29, 1.82) is 0 Å². The molecule has 0 amide bonds. The second-order valence-electron chi connectivity index (χ2n) is 4.08. The summed E-state index contributed by atoms with van der Waals surface area (Å²) < 4.78 is 9.45. The van der Waals surface area contributed by atoms with E-state index in [1.54, 1.807) is 6.92 Å². The van der Waals surface area contributed by atoms with Crippen molar-refractivity contribution in [2.45, 2.75) is 18.8 Å². The van der Waals surface area contributed by atoms with Crippen molar-refractivity contribution in [1.82, 2.24) is 0 Å². The van der Waals surface area contributed by atoms with Crippen molar-refractivity contribution >= 4 is 0 Å². The molecule has 0 aromatic heterocycles. The second kappa shape index (κ2) is 4.73. The quantitative estimate of drug-likeness (QED) is 0.394. The maximum absolute atomic E-state index is 9.85. The number of hydrogen-bond acceptors (Lipinski definition) is 5. The molecule has 6 heteroatoms. The predicted molar refractivity (Wildman–Crippen MR) is 51.1 cm³/mol. The summed E-state index contributed by atoms with van der Waals surface area (Å²) >= 11 is 0. The summed E-state index contributed by atoms with van der Waals surface area (Å²) in [6.07, 6.45) is -0.730. The Hall–Kier alpha value is -0.240. The van der Waals surface area contributed by atoms with Crippen molar-refractivity contribution in [2.75, 3.05) is 40.0 Å². The van der Waals surface area contributed by atoms with E-state index in [2.05, 4.69) is 0 Å². The van der Waals surface area contributed by atoms with Crippen molar-refractivity contribution in [3.63, 3.8) is 0 Å². The van der Waals surface area contributed by atoms with Gasteiger partial charge in [-0.1, -0.05) is 0 Å². The number of hydrogen-bond donors (Lipinski definition) is 3. The van der Waals surface area contributed by atoms with Crippen LogP contribution in [0.25, 0.3) is 0 Å². The maximum atomic E-state index is 9.85. The highest BCUT2D eigenvalue weighted by Gasteiger charge is 2.57. The Labute approximate surface area is 89.2 Å². The molecule has 1 aliphatic rings. The number of aliphatic hydroxyl groups excluding tert-OH is 1. The van der Waals surface area contributed by atoms with Crippen LogP contribution < -0.4 is 0 Å². The van der Waals surface area contributed by atoms with E-state index in [0.717, 1.165) is 0 Å². The first-order valence-corrected chi connectivity index (χ1v) is 5.05. The lowest BCUT2D eigenvalue weighted by Gasteiger charge is -2.48. The van der Waals surface area contributed by atoms with Crippen molar-refractivity contribution in [2.24, 2.45) is 0 Å². The summed E-state index contributed by atoms with van der Waals surface area (Å²) in [6, 6.07) is 0. The van der Waals surface area contributed by atoms with Crippen LogP contribution in [-0.2, 0) is 9.47 Å². The minimum absolute atomic E-state index is 0.0849. The first-order valence-electron chi connectivity index (χ1n) is 5.05. The zero-order valence-corrected chi connectivity index (χ0v) is 9.22. The van der Waals surface area contributed by atoms with Crippen LogP contribution in [0, 0.1) is 0 Å². The SMILES string of the molecule is CCOC1(O)C[N+](O)(CC(O)COC)C1. The molecule has 15 heavy (non-hydrogen) atoms. The Morgan fingerprint density at radius 1 is 1.47 bits per heavy atom. The molecule has 1 atom stereocenters. The third-order valence-corrected chi connectivity index (χ3v) is 2.41. The minimum Gasteiger partial charge on any atom is -0.385 e. The smallest absolute Gasteiger partial charge is 0.273 e. The average Bonchev–Trinajstić information content (AvgIpc) is 2.00. The van der Waals surface area contributed by atoms with Gasteiger partial charge in [-0.2, -0.15) is 4.65 Å². The fourth-order valence-electron chi connectivity index (χ4n) is 2.00. The van der Waals surface area contributed by atoms with Gasteiger partial charge in [0.2, 0.25) is 0 Å². The molecule has 1 fully saturated rings. The molecule has 0 spiro atoms. The number of likely N-dealkylation sites (tertiary alicyclic amines) is 1. The molecule has 3 N–H and O–H groups in total. The van der Waals surface area contributed by atoms with Crippen LogP contribution in [0.3, 0.4) is 0 Å². The molecule has 6 nitrogen and oxygen atoms in total. The highest BCUT2D eigenvalue weighted by atomic mass is 16.7. The van der Waals surface area contributed by atoms with Crippen LogP contribution >= 0.6 is 0 Å². The van der Waals surface area contributed by atoms with Gasteiger partial charge in [0, 0.05) is 13.7 Å². The number of quaternary nitrogens is 1. The predicted octanol–water partition coefficient (Wildman–Crippen LogP) is -1.06. The fraction of sp³-hybridized carbons (Fsp3) is 1.00. The van der Waals surface area contributed by atoms with Gasteiger partial charge >= 0.3 is 0 Å². The first kappa shape index (κ1) is 12.8.